The van der Waals surface area contributed by atoms with Gasteiger partial charge in [0.25, 0.3) is 0 Å². The third-order valence-corrected chi connectivity index (χ3v) is 5.32. The zero-order chi connectivity index (χ0) is 26.0. The first kappa shape index (κ1) is 27.2. The Morgan fingerprint density at radius 2 is 1.71 bits per heavy atom. The summed E-state index contributed by atoms with van der Waals surface area (Å²) in [5, 5.41) is 19.5. The van der Waals surface area contributed by atoms with Crippen LogP contribution in [0.15, 0.2) is 12.5 Å². The Bertz CT molecular complexity index is 930. The molecule has 1 aromatic rings. The van der Waals surface area contributed by atoms with Gasteiger partial charge in [-0.15, -0.1) is 0 Å². The van der Waals surface area contributed by atoms with E-state index in [1.54, 1.807) is 0 Å². The summed E-state index contributed by atoms with van der Waals surface area (Å²) in [5.41, 5.74) is 10.8. The molecular weight excluding hydrogens is 464 g/mol. The van der Waals surface area contributed by atoms with E-state index < -0.39 is 66.1 Å². The standard InChI is InChI=1S/C20H30N8O7/c21-15(29)4-3-12(26-17(31)11-2-1-5-24-11)18(32)27-13(7-16(22)30)19(33)28-14(20(34)35)6-10-8-23-9-25-10/h8-9,11-14,24H,1-7H2,(H2,21,29)(H2,22,30)(H,23,25)(H,26,31)(H,27,32)(H,28,33)(H,34,35). The number of nitrogens with two attached hydrogens (primary N) is 2. The third-order valence-electron chi connectivity index (χ3n) is 5.32. The minimum atomic E-state index is -1.53. The van der Waals surface area contributed by atoms with E-state index in [9.17, 15) is 33.9 Å². The van der Waals surface area contributed by atoms with Crippen LogP contribution in [0.1, 0.15) is 37.8 Å². The number of aromatic nitrogens is 2. The van der Waals surface area contributed by atoms with Crippen LogP contribution < -0.4 is 32.7 Å². The van der Waals surface area contributed by atoms with Gasteiger partial charge in [0.1, 0.15) is 18.1 Å². The highest BCUT2D eigenvalue weighted by Crippen LogP contribution is 2.07. The Morgan fingerprint density at radius 3 is 2.26 bits per heavy atom. The highest BCUT2D eigenvalue weighted by atomic mass is 16.4. The van der Waals surface area contributed by atoms with Crippen molar-refractivity contribution in [1.29, 1.82) is 0 Å². The Balaban J connectivity index is 2.11. The molecular formula is C20H30N8O7. The molecule has 1 fully saturated rings. The number of carboxylic acid groups (broad SMARTS) is 1. The smallest absolute Gasteiger partial charge is 0.326 e. The number of carboxylic acids is 1. The van der Waals surface area contributed by atoms with Crippen LogP contribution in [0.4, 0.5) is 0 Å². The van der Waals surface area contributed by atoms with Crippen LogP contribution in [0, 0.1) is 0 Å². The van der Waals surface area contributed by atoms with Gasteiger partial charge in [-0.05, 0) is 25.8 Å². The molecule has 5 amide bonds. The van der Waals surface area contributed by atoms with Crippen molar-refractivity contribution in [2.45, 2.75) is 62.7 Å². The maximum Gasteiger partial charge on any atom is 0.326 e. The van der Waals surface area contributed by atoms with E-state index in [1.165, 1.54) is 12.5 Å². The summed E-state index contributed by atoms with van der Waals surface area (Å²) in [6.45, 7) is 0.639. The first-order valence-corrected chi connectivity index (χ1v) is 11.0. The lowest BCUT2D eigenvalue weighted by atomic mass is 10.1. The first-order chi connectivity index (χ1) is 16.6. The second kappa shape index (κ2) is 13.0. The molecule has 0 aromatic carbocycles. The van der Waals surface area contributed by atoms with E-state index in [0.717, 1.165) is 6.42 Å². The summed E-state index contributed by atoms with van der Waals surface area (Å²) < 4.78 is 0. The molecule has 4 unspecified atom stereocenters. The number of H-pyrrole nitrogens is 1. The van der Waals surface area contributed by atoms with Gasteiger partial charge < -0.3 is 42.8 Å². The van der Waals surface area contributed by atoms with Crippen LogP contribution in [0.3, 0.4) is 0 Å². The first-order valence-electron chi connectivity index (χ1n) is 11.0. The fraction of sp³-hybridized carbons (Fsp3) is 0.550. The number of primary amides is 2. The summed E-state index contributed by atoms with van der Waals surface area (Å²) in [4.78, 5) is 79.0. The predicted octanol–water partition coefficient (Wildman–Crippen LogP) is -3.62. The number of nitrogens with one attached hydrogen (secondary N) is 5. The van der Waals surface area contributed by atoms with E-state index in [-0.39, 0.29) is 19.3 Å². The molecule has 192 valence electrons. The molecule has 1 saturated heterocycles. The molecule has 1 aromatic heterocycles. The number of hydrogen-bond donors (Lipinski definition) is 8. The quantitative estimate of drug-likeness (QED) is 0.127. The SMILES string of the molecule is NC(=O)CCC(NC(=O)C1CCCN1)C(=O)NC(CC(N)=O)C(=O)NC(Cc1cnc[nH]1)C(=O)O. The Morgan fingerprint density at radius 1 is 1.03 bits per heavy atom. The average molecular weight is 495 g/mol. The van der Waals surface area contributed by atoms with Crippen molar-refractivity contribution in [3.8, 4) is 0 Å². The van der Waals surface area contributed by atoms with Crippen molar-refractivity contribution in [2.24, 2.45) is 11.5 Å². The van der Waals surface area contributed by atoms with Crippen molar-refractivity contribution in [1.82, 2.24) is 31.2 Å². The number of amides is 5. The highest BCUT2D eigenvalue weighted by Gasteiger charge is 2.32. The summed E-state index contributed by atoms with van der Waals surface area (Å²) in [6.07, 6.45) is 2.93. The lowest BCUT2D eigenvalue weighted by Gasteiger charge is -2.24. The van der Waals surface area contributed by atoms with E-state index in [0.29, 0.717) is 18.7 Å². The van der Waals surface area contributed by atoms with Crippen LogP contribution in [-0.2, 0) is 35.2 Å². The van der Waals surface area contributed by atoms with Gasteiger partial charge in [0.2, 0.25) is 29.5 Å². The van der Waals surface area contributed by atoms with Crippen LogP contribution in [0.2, 0.25) is 0 Å². The van der Waals surface area contributed by atoms with Gasteiger partial charge in [0.15, 0.2) is 0 Å². The van der Waals surface area contributed by atoms with Crippen LogP contribution in [0.5, 0.6) is 0 Å². The van der Waals surface area contributed by atoms with E-state index in [1.807, 2.05) is 0 Å². The van der Waals surface area contributed by atoms with Gasteiger partial charge in [0.05, 0.1) is 18.8 Å². The molecule has 35 heavy (non-hydrogen) atoms. The normalized spacial score (nSPS) is 17.5. The Labute approximate surface area is 200 Å². The van der Waals surface area contributed by atoms with Crippen molar-refractivity contribution in [3.63, 3.8) is 0 Å². The number of carbonyl (C=O) groups is 6. The number of nitrogens with zero attached hydrogens (tertiary/aromatic N) is 1. The molecule has 1 aliphatic heterocycles. The van der Waals surface area contributed by atoms with Gasteiger partial charge in [0, 0.05) is 24.7 Å². The zero-order valence-corrected chi connectivity index (χ0v) is 18.9. The maximum absolute atomic E-state index is 12.9. The fourth-order valence-electron chi connectivity index (χ4n) is 3.51. The average Bonchev–Trinajstić information content (AvgIpc) is 3.49. The lowest BCUT2D eigenvalue weighted by Crippen LogP contribution is -2.58. The third kappa shape index (κ3) is 9.04. The minimum absolute atomic E-state index is 0.135. The summed E-state index contributed by atoms with van der Waals surface area (Å²) in [6, 6.07) is -4.67. The van der Waals surface area contributed by atoms with Crippen molar-refractivity contribution in [2.75, 3.05) is 6.54 Å². The maximum atomic E-state index is 12.9. The monoisotopic (exact) mass is 494 g/mol. The molecule has 4 atom stereocenters. The van der Waals surface area contributed by atoms with Crippen LogP contribution in [0.25, 0.3) is 0 Å². The van der Waals surface area contributed by atoms with Crippen LogP contribution >= 0.6 is 0 Å². The summed E-state index contributed by atoms with van der Waals surface area (Å²) >= 11 is 0. The molecule has 2 rings (SSSR count). The fourth-order valence-corrected chi connectivity index (χ4v) is 3.51. The number of imidazole rings is 1. The Kier molecular flexibility index (Phi) is 10.1. The van der Waals surface area contributed by atoms with Gasteiger partial charge in [-0.25, -0.2) is 9.78 Å². The summed E-state index contributed by atoms with van der Waals surface area (Å²) in [5.74, 6) is -5.29. The van der Waals surface area contributed by atoms with E-state index in [4.69, 9.17) is 11.5 Å². The van der Waals surface area contributed by atoms with Gasteiger partial charge in [-0.1, -0.05) is 0 Å². The van der Waals surface area contributed by atoms with Crippen molar-refractivity contribution in [3.05, 3.63) is 18.2 Å². The number of aromatic amines is 1. The van der Waals surface area contributed by atoms with Crippen LogP contribution in [-0.4, -0.2) is 81.3 Å². The topological polar surface area (TPSA) is 251 Å². The molecule has 0 aliphatic carbocycles. The van der Waals surface area contributed by atoms with Crippen molar-refractivity contribution >= 4 is 35.5 Å². The molecule has 10 N–H and O–H groups in total. The molecule has 0 spiro atoms. The zero-order valence-electron chi connectivity index (χ0n) is 18.9. The van der Waals surface area contributed by atoms with E-state index in [2.05, 4.69) is 31.2 Å². The lowest BCUT2D eigenvalue weighted by molar-refractivity contribution is -0.142. The number of carbonyl (C=O) groups excluding carboxylic acids is 5. The molecule has 15 nitrogen and oxygen atoms in total. The van der Waals surface area contributed by atoms with Gasteiger partial charge in [-0.3, -0.25) is 24.0 Å². The molecule has 1 aliphatic rings. The van der Waals surface area contributed by atoms with Crippen molar-refractivity contribution < 1.29 is 33.9 Å². The number of rotatable bonds is 14. The number of aliphatic carboxylic acids is 1. The second-order valence-corrected chi connectivity index (χ2v) is 8.13. The molecule has 0 saturated carbocycles. The largest absolute Gasteiger partial charge is 0.480 e. The number of hydrogen-bond acceptors (Lipinski definition) is 8. The van der Waals surface area contributed by atoms with Gasteiger partial charge in [-0.2, -0.15) is 0 Å². The molecule has 0 bridgehead atoms. The highest BCUT2D eigenvalue weighted by molar-refractivity contribution is 5.96. The second-order valence-electron chi connectivity index (χ2n) is 8.13. The van der Waals surface area contributed by atoms with Gasteiger partial charge >= 0.3 is 5.97 Å². The molecule has 2 heterocycles. The molecule has 0 radical (unpaired) electrons. The predicted molar refractivity (Wildman–Crippen MR) is 119 cm³/mol. The minimum Gasteiger partial charge on any atom is -0.480 e. The Hall–Kier alpha value is -4.01. The van der Waals surface area contributed by atoms with E-state index >= 15 is 0 Å². The summed E-state index contributed by atoms with van der Waals surface area (Å²) in [7, 11) is 0. The molecule has 15 heteroatoms.